The molecule has 0 aliphatic carbocycles. The lowest BCUT2D eigenvalue weighted by Crippen LogP contribution is -2.12. The Kier molecular flexibility index (Phi) is 2.46. The zero-order chi connectivity index (χ0) is 10.1. The van der Waals surface area contributed by atoms with Crippen molar-refractivity contribution in [2.75, 3.05) is 5.33 Å². The maximum Gasteiger partial charge on any atom is 0.272 e. The monoisotopic (exact) mass is 254 g/mol. The summed E-state index contributed by atoms with van der Waals surface area (Å²) in [7, 11) is 0. The van der Waals surface area contributed by atoms with Crippen molar-refractivity contribution in [3.63, 3.8) is 0 Å². The Labute approximate surface area is 89.9 Å². The van der Waals surface area contributed by atoms with E-state index in [0.717, 1.165) is 28.5 Å². The number of pyridine rings is 1. The van der Waals surface area contributed by atoms with E-state index in [1.807, 2.05) is 29.8 Å². The first-order valence-corrected chi connectivity index (χ1v) is 5.59. The molecule has 0 amide bonds. The third-order valence-electron chi connectivity index (χ3n) is 2.22. The maximum atomic E-state index is 11.7. The molecule has 0 spiro atoms. The van der Waals surface area contributed by atoms with Crippen LogP contribution in [0.1, 0.15) is 5.69 Å². The summed E-state index contributed by atoms with van der Waals surface area (Å²) in [5.74, 6) is 0. The van der Waals surface area contributed by atoms with E-state index in [9.17, 15) is 4.79 Å². The second kappa shape index (κ2) is 3.61. The van der Waals surface area contributed by atoms with Crippen molar-refractivity contribution in [3.05, 3.63) is 34.4 Å². The molecule has 2 heterocycles. The van der Waals surface area contributed by atoms with Gasteiger partial charge in [-0.25, -0.2) is 0 Å². The summed E-state index contributed by atoms with van der Waals surface area (Å²) in [6.45, 7) is 2.71. The number of H-pyrrole nitrogens is 1. The van der Waals surface area contributed by atoms with E-state index in [0.29, 0.717) is 0 Å². The van der Waals surface area contributed by atoms with Gasteiger partial charge in [0.25, 0.3) is 5.56 Å². The second-order valence-corrected chi connectivity index (χ2v) is 4.08. The summed E-state index contributed by atoms with van der Waals surface area (Å²) in [6, 6.07) is 3.96. The van der Waals surface area contributed by atoms with Gasteiger partial charge >= 0.3 is 0 Å². The van der Waals surface area contributed by atoms with Crippen LogP contribution >= 0.6 is 15.9 Å². The van der Waals surface area contributed by atoms with Crippen molar-refractivity contribution in [2.45, 2.75) is 13.5 Å². The largest absolute Gasteiger partial charge is 0.342 e. The highest BCUT2D eigenvalue weighted by Crippen LogP contribution is 2.12. The minimum Gasteiger partial charge on any atom is -0.342 e. The van der Waals surface area contributed by atoms with E-state index in [-0.39, 0.29) is 5.56 Å². The Bertz CT molecular complexity index is 512. The highest BCUT2D eigenvalue weighted by Gasteiger charge is 2.04. The molecule has 0 aliphatic heterocycles. The number of alkyl halides is 1. The van der Waals surface area contributed by atoms with Gasteiger partial charge in [-0.1, -0.05) is 15.9 Å². The lowest BCUT2D eigenvalue weighted by Gasteiger charge is -2.01. The summed E-state index contributed by atoms with van der Waals surface area (Å²) in [4.78, 5) is 14.5. The molecule has 0 radical (unpaired) electrons. The molecule has 2 aromatic heterocycles. The van der Waals surface area contributed by atoms with Crippen LogP contribution in [0, 0.1) is 6.92 Å². The third kappa shape index (κ3) is 1.50. The number of fused-ring (bicyclic) bond motifs is 1. The van der Waals surface area contributed by atoms with Gasteiger partial charge in [0.1, 0.15) is 5.52 Å². The van der Waals surface area contributed by atoms with Crippen molar-refractivity contribution in [1.29, 1.82) is 0 Å². The smallest absolute Gasteiger partial charge is 0.272 e. The van der Waals surface area contributed by atoms with Gasteiger partial charge in [-0.2, -0.15) is 0 Å². The number of aromatic nitrogens is 2. The number of hydrogen-bond donors (Lipinski definition) is 1. The number of nitrogens with one attached hydrogen (secondary N) is 1. The molecule has 1 N–H and O–H groups in total. The fourth-order valence-electron chi connectivity index (χ4n) is 1.65. The molecule has 0 aromatic carbocycles. The topological polar surface area (TPSA) is 37.8 Å². The Morgan fingerprint density at radius 1 is 1.57 bits per heavy atom. The number of halogens is 1. The van der Waals surface area contributed by atoms with E-state index in [4.69, 9.17) is 0 Å². The molecule has 4 heteroatoms. The van der Waals surface area contributed by atoms with Crippen molar-refractivity contribution >= 4 is 26.8 Å². The Hall–Kier alpha value is -1.03. The number of aromatic amines is 1. The highest BCUT2D eigenvalue weighted by molar-refractivity contribution is 9.09. The lowest BCUT2D eigenvalue weighted by atomic mass is 10.3. The molecule has 14 heavy (non-hydrogen) atoms. The zero-order valence-corrected chi connectivity index (χ0v) is 9.47. The Balaban J connectivity index is 2.73. The summed E-state index contributed by atoms with van der Waals surface area (Å²) < 4.78 is 1.96. The van der Waals surface area contributed by atoms with Gasteiger partial charge in [0.05, 0.1) is 0 Å². The fourth-order valence-corrected chi connectivity index (χ4v) is 2.03. The molecule has 74 valence electrons. The molecule has 0 saturated heterocycles. The minimum absolute atomic E-state index is 0.00838. The van der Waals surface area contributed by atoms with E-state index in [1.165, 1.54) is 0 Å². The molecule has 0 aliphatic rings. The quantitative estimate of drug-likeness (QED) is 0.819. The van der Waals surface area contributed by atoms with Crippen molar-refractivity contribution in [2.24, 2.45) is 0 Å². The van der Waals surface area contributed by atoms with Gasteiger partial charge in [0.2, 0.25) is 0 Å². The van der Waals surface area contributed by atoms with Gasteiger partial charge in [-0.05, 0) is 19.1 Å². The van der Waals surface area contributed by atoms with E-state index in [2.05, 4.69) is 20.9 Å². The summed E-state index contributed by atoms with van der Waals surface area (Å²) in [6.07, 6.45) is 1.95. The number of nitrogens with zero attached hydrogens (tertiary/aromatic N) is 1. The molecule has 2 rings (SSSR count). The minimum atomic E-state index is -0.00838. The molecule has 3 nitrogen and oxygen atoms in total. The first-order valence-electron chi connectivity index (χ1n) is 4.47. The first-order chi connectivity index (χ1) is 6.72. The van der Waals surface area contributed by atoms with E-state index < -0.39 is 0 Å². The van der Waals surface area contributed by atoms with Crippen molar-refractivity contribution in [3.8, 4) is 0 Å². The van der Waals surface area contributed by atoms with E-state index in [1.54, 1.807) is 0 Å². The van der Waals surface area contributed by atoms with Crippen LogP contribution in [0.4, 0.5) is 0 Å². The Morgan fingerprint density at radius 3 is 3.07 bits per heavy atom. The van der Waals surface area contributed by atoms with Crippen LogP contribution in [-0.2, 0) is 6.54 Å². The van der Waals surface area contributed by atoms with Crippen LogP contribution in [0.5, 0.6) is 0 Å². The molecule has 0 fully saturated rings. The second-order valence-electron chi connectivity index (χ2n) is 3.28. The van der Waals surface area contributed by atoms with Gasteiger partial charge in [0, 0.05) is 29.2 Å². The standard InChI is InChI=1S/C10H11BrN2O/c1-7-6-8-2-4-13(5-3-11)9(8)10(14)12-7/h2,4,6H,3,5H2,1H3,(H,12,14). The molecular formula is C10H11BrN2O. The fraction of sp³-hybridized carbons (Fsp3) is 0.300. The molecule has 0 bridgehead atoms. The van der Waals surface area contributed by atoms with Crippen LogP contribution in [0.2, 0.25) is 0 Å². The summed E-state index contributed by atoms with van der Waals surface area (Å²) >= 11 is 3.36. The normalized spacial score (nSPS) is 11.0. The molecule has 0 atom stereocenters. The zero-order valence-electron chi connectivity index (χ0n) is 7.88. The van der Waals surface area contributed by atoms with Crippen LogP contribution in [0.3, 0.4) is 0 Å². The average molecular weight is 255 g/mol. The van der Waals surface area contributed by atoms with Gasteiger partial charge in [-0.15, -0.1) is 0 Å². The summed E-state index contributed by atoms with van der Waals surface area (Å²) in [5, 5.41) is 1.86. The predicted molar refractivity (Wildman–Crippen MR) is 61.1 cm³/mol. The Morgan fingerprint density at radius 2 is 2.36 bits per heavy atom. The van der Waals surface area contributed by atoms with Gasteiger partial charge in [0.15, 0.2) is 0 Å². The van der Waals surface area contributed by atoms with Crippen LogP contribution < -0.4 is 5.56 Å². The van der Waals surface area contributed by atoms with Crippen LogP contribution in [0.15, 0.2) is 23.1 Å². The number of hydrogen-bond acceptors (Lipinski definition) is 1. The van der Waals surface area contributed by atoms with Crippen LogP contribution in [0.25, 0.3) is 10.9 Å². The molecule has 0 saturated carbocycles. The SMILES string of the molecule is Cc1cc2ccn(CCBr)c2c(=O)[nH]1. The van der Waals surface area contributed by atoms with Crippen molar-refractivity contribution < 1.29 is 0 Å². The molecule has 2 aromatic rings. The molecular weight excluding hydrogens is 244 g/mol. The lowest BCUT2D eigenvalue weighted by molar-refractivity contribution is 0.806. The third-order valence-corrected chi connectivity index (χ3v) is 2.57. The van der Waals surface area contributed by atoms with Crippen molar-refractivity contribution in [1.82, 2.24) is 9.55 Å². The van der Waals surface area contributed by atoms with Gasteiger partial charge in [-0.3, -0.25) is 4.79 Å². The maximum absolute atomic E-state index is 11.7. The van der Waals surface area contributed by atoms with Gasteiger partial charge < -0.3 is 9.55 Å². The van der Waals surface area contributed by atoms with E-state index >= 15 is 0 Å². The molecule has 0 unspecified atom stereocenters. The number of aryl methyl sites for hydroxylation is 2. The van der Waals surface area contributed by atoms with Crippen LogP contribution in [-0.4, -0.2) is 14.9 Å². The summed E-state index contributed by atoms with van der Waals surface area (Å²) in [5.41, 5.74) is 1.65. The average Bonchev–Trinajstić information content (AvgIpc) is 2.49. The highest BCUT2D eigenvalue weighted by atomic mass is 79.9. The first kappa shape index (κ1) is 9.52. The predicted octanol–water partition coefficient (Wildman–Crippen LogP) is 2.03. The number of rotatable bonds is 2.